The highest BCUT2D eigenvalue weighted by Crippen LogP contribution is 2.16. The molecule has 7 heteroatoms. The van der Waals surface area contributed by atoms with E-state index in [1.165, 1.54) is 0 Å². The number of nitrogens with one attached hydrogen (secondary N) is 3. The number of hydrogen-bond acceptors (Lipinski definition) is 5. The van der Waals surface area contributed by atoms with Gasteiger partial charge in [0.1, 0.15) is 12.4 Å². The molecule has 0 aromatic heterocycles. The van der Waals surface area contributed by atoms with Crippen molar-refractivity contribution >= 4 is 28.9 Å². The number of amides is 2. The standard InChI is InChI=1S/C20H25N3O4/c1-3-19(24)22-16-4-6-17(7-5-16)23-20(25)14-21-15-8-10-18(11-9-15)27-13-12-26-2/h4-11,21H,3,12-14H2,1-2H3,(H,22,24)(H,23,25). The third-order valence-corrected chi connectivity index (χ3v) is 3.64. The molecule has 7 nitrogen and oxygen atoms in total. The molecule has 0 bridgehead atoms. The molecule has 0 heterocycles. The van der Waals surface area contributed by atoms with Crippen LogP contribution in [0.4, 0.5) is 17.1 Å². The molecule has 0 atom stereocenters. The summed E-state index contributed by atoms with van der Waals surface area (Å²) < 4.78 is 10.4. The molecule has 144 valence electrons. The minimum atomic E-state index is -0.166. The molecule has 2 aromatic rings. The van der Waals surface area contributed by atoms with Crippen LogP contribution in [0.1, 0.15) is 13.3 Å². The van der Waals surface area contributed by atoms with E-state index in [1.807, 2.05) is 24.3 Å². The van der Waals surface area contributed by atoms with Crippen molar-refractivity contribution in [3.63, 3.8) is 0 Å². The highest BCUT2D eigenvalue weighted by atomic mass is 16.5. The topological polar surface area (TPSA) is 88.7 Å². The zero-order chi connectivity index (χ0) is 19.5. The Morgan fingerprint density at radius 1 is 0.815 bits per heavy atom. The summed E-state index contributed by atoms with van der Waals surface area (Å²) in [6.07, 6.45) is 0.421. The fraction of sp³-hybridized carbons (Fsp3) is 0.300. The molecule has 2 aromatic carbocycles. The van der Waals surface area contributed by atoms with Crippen LogP contribution in [0.3, 0.4) is 0 Å². The molecule has 0 saturated heterocycles. The molecule has 27 heavy (non-hydrogen) atoms. The van der Waals surface area contributed by atoms with Gasteiger partial charge in [0, 0.05) is 30.6 Å². The summed E-state index contributed by atoms with van der Waals surface area (Å²) in [6.45, 7) is 2.95. The minimum absolute atomic E-state index is 0.0499. The molecular formula is C20H25N3O4. The normalized spacial score (nSPS) is 10.1. The lowest BCUT2D eigenvalue weighted by Gasteiger charge is -2.10. The third kappa shape index (κ3) is 7.37. The van der Waals surface area contributed by atoms with Crippen molar-refractivity contribution in [2.75, 3.05) is 42.8 Å². The Hall–Kier alpha value is -3.06. The molecule has 0 aliphatic rings. The van der Waals surface area contributed by atoms with Crippen LogP contribution in [0, 0.1) is 0 Å². The van der Waals surface area contributed by atoms with E-state index in [-0.39, 0.29) is 18.4 Å². The number of methoxy groups -OCH3 is 1. The van der Waals surface area contributed by atoms with E-state index in [2.05, 4.69) is 16.0 Å². The summed E-state index contributed by atoms with van der Waals surface area (Å²) in [7, 11) is 1.63. The largest absolute Gasteiger partial charge is 0.491 e. The van der Waals surface area contributed by atoms with Gasteiger partial charge in [-0.15, -0.1) is 0 Å². The number of carbonyl (C=O) groups excluding carboxylic acids is 2. The average molecular weight is 371 g/mol. The Labute approximate surface area is 159 Å². The first-order valence-corrected chi connectivity index (χ1v) is 8.76. The second-order valence-corrected chi connectivity index (χ2v) is 5.75. The Morgan fingerprint density at radius 3 is 1.93 bits per heavy atom. The van der Waals surface area contributed by atoms with Gasteiger partial charge in [-0.25, -0.2) is 0 Å². The van der Waals surface area contributed by atoms with E-state index in [0.717, 1.165) is 11.4 Å². The van der Waals surface area contributed by atoms with Crippen molar-refractivity contribution in [2.45, 2.75) is 13.3 Å². The molecule has 0 spiro atoms. The predicted octanol–water partition coefficient (Wildman–Crippen LogP) is 3.11. The monoisotopic (exact) mass is 371 g/mol. The van der Waals surface area contributed by atoms with Crippen molar-refractivity contribution in [2.24, 2.45) is 0 Å². The molecular weight excluding hydrogens is 346 g/mol. The lowest BCUT2D eigenvalue weighted by Crippen LogP contribution is -2.21. The Morgan fingerprint density at radius 2 is 1.37 bits per heavy atom. The van der Waals surface area contributed by atoms with Crippen LogP contribution in [0.15, 0.2) is 48.5 Å². The van der Waals surface area contributed by atoms with Crippen LogP contribution in [0.25, 0.3) is 0 Å². The van der Waals surface area contributed by atoms with Crippen LogP contribution in [0.5, 0.6) is 5.75 Å². The second-order valence-electron chi connectivity index (χ2n) is 5.75. The highest BCUT2D eigenvalue weighted by molar-refractivity contribution is 5.94. The van der Waals surface area contributed by atoms with Crippen LogP contribution in [-0.4, -0.2) is 38.7 Å². The van der Waals surface area contributed by atoms with Gasteiger partial charge in [0.25, 0.3) is 0 Å². The highest BCUT2D eigenvalue weighted by Gasteiger charge is 2.04. The minimum Gasteiger partial charge on any atom is -0.491 e. The van der Waals surface area contributed by atoms with Crippen molar-refractivity contribution in [1.82, 2.24) is 0 Å². The zero-order valence-corrected chi connectivity index (χ0v) is 15.6. The van der Waals surface area contributed by atoms with Crippen molar-refractivity contribution in [1.29, 1.82) is 0 Å². The molecule has 0 aliphatic heterocycles. The molecule has 2 rings (SSSR count). The number of benzene rings is 2. The summed E-state index contributed by atoms with van der Waals surface area (Å²) >= 11 is 0. The number of rotatable bonds is 10. The third-order valence-electron chi connectivity index (χ3n) is 3.64. The average Bonchev–Trinajstić information content (AvgIpc) is 2.69. The van der Waals surface area contributed by atoms with Gasteiger partial charge in [-0.1, -0.05) is 6.92 Å². The van der Waals surface area contributed by atoms with E-state index in [4.69, 9.17) is 9.47 Å². The van der Waals surface area contributed by atoms with E-state index < -0.39 is 0 Å². The maximum absolute atomic E-state index is 12.1. The van der Waals surface area contributed by atoms with Gasteiger partial charge in [0.05, 0.1) is 13.2 Å². The van der Waals surface area contributed by atoms with Gasteiger partial charge in [-0.05, 0) is 48.5 Å². The van der Waals surface area contributed by atoms with Crippen LogP contribution >= 0.6 is 0 Å². The molecule has 3 N–H and O–H groups in total. The second kappa shape index (κ2) is 10.8. The molecule has 0 aliphatic carbocycles. The van der Waals surface area contributed by atoms with Crippen LogP contribution < -0.4 is 20.7 Å². The summed E-state index contributed by atoms with van der Waals surface area (Å²) in [4.78, 5) is 23.4. The maximum Gasteiger partial charge on any atom is 0.243 e. The summed E-state index contributed by atoms with van der Waals surface area (Å²) in [5, 5.41) is 8.61. The number of ether oxygens (including phenoxy) is 2. The van der Waals surface area contributed by atoms with Gasteiger partial charge in [-0.3, -0.25) is 9.59 Å². The molecule has 0 fully saturated rings. The van der Waals surface area contributed by atoms with E-state index in [0.29, 0.717) is 31.0 Å². The first-order valence-electron chi connectivity index (χ1n) is 8.76. The summed E-state index contributed by atoms with van der Waals surface area (Å²) in [5.41, 5.74) is 2.19. The first kappa shape index (κ1) is 20.3. The van der Waals surface area contributed by atoms with E-state index in [1.54, 1.807) is 38.3 Å². The van der Waals surface area contributed by atoms with Gasteiger partial charge in [0.15, 0.2) is 0 Å². The Kier molecular flexibility index (Phi) is 8.12. The van der Waals surface area contributed by atoms with Crippen LogP contribution in [-0.2, 0) is 14.3 Å². The molecule has 0 saturated carbocycles. The lowest BCUT2D eigenvalue weighted by atomic mass is 10.2. The summed E-state index contributed by atoms with van der Waals surface area (Å²) in [5.74, 6) is 0.532. The zero-order valence-electron chi connectivity index (χ0n) is 15.6. The fourth-order valence-electron chi connectivity index (χ4n) is 2.19. The smallest absolute Gasteiger partial charge is 0.243 e. The van der Waals surface area contributed by atoms with Crippen molar-refractivity contribution in [3.05, 3.63) is 48.5 Å². The number of hydrogen-bond donors (Lipinski definition) is 3. The first-order chi connectivity index (χ1) is 13.1. The summed E-state index contributed by atoms with van der Waals surface area (Å²) in [6, 6.07) is 14.3. The van der Waals surface area contributed by atoms with Gasteiger partial charge < -0.3 is 25.4 Å². The molecule has 2 amide bonds. The van der Waals surface area contributed by atoms with E-state index >= 15 is 0 Å². The maximum atomic E-state index is 12.1. The molecule has 0 unspecified atom stereocenters. The van der Waals surface area contributed by atoms with Crippen molar-refractivity contribution in [3.8, 4) is 5.75 Å². The molecule has 0 radical (unpaired) electrons. The Balaban J connectivity index is 1.76. The Bertz CT molecular complexity index is 730. The number of anilines is 3. The van der Waals surface area contributed by atoms with Gasteiger partial charge >= 0.3 is 0 Å². The van der Waals surface area contributed by atoms with Crippen molar-refractivity contribution < 1.29 is 19.1 Å². The predicted molar refractivity (Wildman–Crippen MR) is 106 cm³/mol. The van der Waals surface area contributed by atoms with E-state index in [9.17, 15) is 9.59 Å². The quantitative estimate of drug-likeness (QED) is 0.559. The lowest BCUT2D eigenvalue weighted by molar-refractivity contribution is -0.116. The van der Waals surface area contributed by atoms with Crippen LogP contribution in [0.2, 0.25) is 0 Å². The fourth-order valence-corrected chi connectivity index (χ4v) is 2.19. The number of carbonyl (C=O) groups is 2. The van der Waals surface area contributed by atoms with Gasteiger partial charge in [-0.2, -0.15) is 0 Å². The van der Waals surface area contributed by atoms with Gasteiger partial charge in [0.2, 0.25) is 11.8 Å². The SMILES string of the molecule is CCC(=O)Nc1ccc(NC(=O)CNc2ccc(OCCOC)cc2)cc1.